The molecule has 1 aromatic heterocycles. The van der Waals surface area contributed by atoms with Crippen LogP contribution in [0.15, 0.2) is 0 Å². The van der Waals surface area contributed by atoms with Crippen molar-refractivity contribution in [3.05, 3.63) is 16.8 Å². The highest BCUT2D eigenvalue weighted by Crippen LogP contribution is 2.29. The fraction of sp³-hybridized carbons (Fsp3) is 0.688. The van der Waals surface area contributed by atoms with E-state index in [0.717, 1.165) is 61.4 Å². The Morgan fingerprint density at radius 2 is 2.05 bits per heavy atom. The molecular weight excluding hydrogens is 262 g/mol. The van der Waals surface area contributed by atoms with E-state index >= 15 is 0 Å². The van der Waals surface area contributed by atoms with Crippen LogP contribution in [0.2, 0.25) is 0 Å². The average molecular weight is 287 g/mol. The number of likely N-dealkylation sites (N-methyl/N-ethyl adjacent to an activating group) is 1. The molecule has 0 N–H and O–H groups in total. The lowest BCUT2D eigenvalue weighted by molar-refractivity contribution is 0.371. The van der Waals surface area contributed by atoms with E-state index < -0.39 is 0 Å². The Bertz CT molecular complexity index is 532. The quantitative estimate of drug-likeness (QED) is 0.829. The SMILES string of the molecule is CCc1nnc(N2CCCC2CN(C)C)c(C#N)c1CC. The molecule has 0 radical (unpaired) electrons. The van der Waals surface area contributed by atoms with Crippen molar-refractivity contribution < 1.29 is 0 Å². The summed E-state index contributed by atoms with van der Waals surface area (Å²) in [7, 11) is 4.18. The molecule has 5 nitrogen and oxygen atoms in total. The van der Waals surface area contributed by atoms with Gasteiger partial charge in [-0.25, -0.2) is 0 Å². The molecule has 1 unspecified atom stereocenters. The first-order chi connectivity index (χ1) is 10.1. The maximum Gasteiger partial charge on any atom is 0.169 e. The Kier molecular flexibility index (Phi) is 5.13. The number of hydrogen-bond donors (Lipinski definition) is 0. The lowest BCUT2D eigenvalue weighted by Gasteiger charge is -2.29. The van der Waals surface area contributed by atoms with Gasteiger partial charge in [-0.3, -0.25) is 0 Å². The smallest absolute Gasteiger partial charge is 0.169 e. The van der Waals surface area contributed by atoms with E-state index in [1.807, 2.05) is 0 Å². The van der Waals surface area contributed by atoms with Crippen molar-refractivity contribution >= 4 is 5.82 Å². The van der Waals surface area contributed by atoms with E-state index in [1.54, 1.807) is 0 Å². The lowest BCUT2D eigenvalue weighted by Crippen LogP contribution is -2.38. The molecule has 0 saturated carbocycles. The zero-order chi connectivity index (χ0) is 15.4. The third kappa shape index (κ3) is 3.16. The molecule has 1 aromatic rings. The van der Waals surface area contributed by atoms with E-state index in [-0.39, 0.29) is 0 Å². The number of nitrogens with zero attached hydrogens (tertiary/aromatic N) is 5. The van der Waals surface area contributed by atoms with E-state index in [0.29, 0.717) is 6.04 Å². The predicted molar refractivity (Wildman–Crippen MR) is 84.4 cm³/mol. The second kappa shape index (κ2) is 6.86. The van der Waals surface area contributed by atoms with Gasteiger partial charge in [-0.15, -0.1) is 5.10 Å². The number of anilines is 1. The van der Waals surface area contributed by atoms with Crippen LogP contribution in [0, 0.1) is 11.3 Å². The van der Waals surface area contributed by atoms with Gasteiger partial charge in [0.1, 0.15) is 11.6 Å². The Balaban J connectivity index is 2.41. The van der Waals surface area contributed by atoms with Crippen LogP contribution < -0.4 is 4.90 Å². The van der Waals surface area contributed by atoms with Gasteiger partial charge in [0, 0.05) is 19.1 Å². The first kappa shape index (κ1) is 15.7. The van der Waals surface area contributed by atoms with Crippen molar-refractivity contribution in [1.82, 2.24) is 15.1 Å². The van der Waals surface area contributed by atoms with Crippen molar-refractivity contribution in [2.75, 3.05) is 32.1 Å². The lowest BCUT2D eigenvalue weighted by atomic mass is 10.0. The fourth-order valence-corrected chi connectivity index (χ4v) is 3.21. The van der Waals surface area contributed by atoms with Crippen LogP contribution in [0.3, 0.4) is 0 Å². The van der Waals surface area contributed by atoms with Crippen molar-refractivity contribution in [3.8, 4) is 6.07 Å². The van der Waals surface area contributed by atoms with E-state index in [1.165, 1.54) is 0 Å². The molecule has 0 amide bonds. The number of aromatic nitrogens is 2. The van der Waals surface area contributed by atoms with Crippen LogP contribution in [0.5, 0.6) is 0 Å². The molecule has 1 saturated heterocycles. The monoisotopic (exact) mass is 287 g/mol. The predicted octanol–water partition coefficient (Wildman–Crippen LogP) is 2.00. The second-order valence-corrected chi connectivity index (χ2v) is 5.89. The van der Waals surface area contributed by atoms with Gasteiger partial charge < -0.3 is 9.80 Å². The zero-order valence-corrected chi connectivity index (χ0v) is 13.6. The summed E-state index contributed by atoms with van der Waals surface area (Å²) in [5, 5.41) is 18.4. The van der Waals surface area contributed by atoms with Gasteiger partial charge in [-0.1, -0.05) is 13.8 Å². The first-order valence-electron chi connectivity index (χ1n) is 7.82. The summed E-state index contributed by atoms with van der Waals surface area (Å²) in [5.74, 6) is 0.788. The highest BCUT2D eigenvalue weighted by atomic mass is 15.3. The summed E-state index contributed by atoms with van der Waals surface area (Å²) in [4.78, 5) is 4.48. The van der Waals surface area contributed by atoms with Crippen LogP contribution in [-0.2, 0) is 12.8 Å². The summed E-state index contributed by atoms with van der Waals surface area (Å²) in [5.41, 5.74) is 2.76. The van der Waals surface area contributed by atoms with Gasteiger partial charge in [0.25, 0.3) is 0 Å². The summed E-state index contributed by atoms with van der Waals surface area (Å²) in [6.07, 6.45) is 3.97. The van der Waals surface area contributed by atoms with Gasteiger partial charge in [0.15, 0.2) is 5.82 Å². The molecule has 1 aliphatic rings. The topological polar surface area (TPSA) is 56.1 Å². The molecule has 0 bridgehead atoms. The molecule has 21 heavy (non-hydrogen) atoms. The minimum absolute atomic E-state index is 0.429. The third-order valence-electron chi connectivity index (χ3n) is 4.16. The number of rotatable bonds is 5. The molecule has 2 rings (SSSR count). The third-order valence-corrected chi connectivity index (χ3v) is 4.16. The molecule has 2 heterocycles. The number of hydrogen-bond acceptors (Lipinski definition) is 5. The molecular formula is C16H25N5. The molecule has 1 aliphatic heterocycles. The van der Waals surface area contributed by atoms with E-state index in [9.17, 15) is 5.26 Å². The molecule has 1 atom stereocenters. The molecule has 0 spiro atoms. The highest BCUT2D eigenvalue weighted by Gasteiger charge is 2.29. The maximum absolute atomic E-state index is 9.62. The van der Waals surface area contributed by atoms with Crippen molar-refractivity contribution in [2.24, 2.45) is 0 Å². The number of nitriles is 1. The van der Waals surface area contributed by atoms with Gasteiger partial charge in [-0.2, -0.15) is 10.4 Å². The summed E-state index contributed by atoms with van der Waals surface area (Å²) < 4.78 is 0. The standard InChI is InChI=1S/C16H25N5/c1-5-13-14(10-17)16(19-18-15(13)6-2)21-9-7-8-12(21)11-20(3)4/h12H,5-9,11H2,1-4H3. The summed E-state index contributed by atoms with van der Waals surface area (Å²) in [6, 6.07) is 2.81. The van der Waals surface area contributed by atoms with Crippen LogP contribution in [0.4, 0.5) is 5.82 Å². The molecule has 0 aliphatic carbocycles. The first-order valence-corrected chi connectivity index (χ1v) is 7.82. The minimum atomic E-state index is 0.429. The Labute approximate surface area is 127 Å². The van der Waals surface area contributed by atoms with Crippen molar-refractivity contribution in [2.45, 2.75) is 45.6 Å². The molecule has 5 heteroatoms. The molecule has 114 valence electrons. The highest BCUT2D eigenvalue weighted by molar-refractivity contribution is 5.59. The van der Waals surface area contributed by atoms with Crippen LogP contribution in [0.25, 0.3) is 0 Å². The van der Waals surface area contributed by atoms with Crippen molar-refractivity contribution in [1.29, 1.82) is 5.26 Å². The largest absolute Gasteiger partial charge is 0.350 e. The Morgan fingerprint density at radius 3 is 2.62 bits per heavy atom. The Morgan fingerprint density at radius 1 is 1.29 bits per heavy atom. The second-order valence-electron chi connectivity index (χ2n) is 5.89. The summed E-state index contributed by atoms with van der Waals surface area (Å²) in [6.45, 7) is 6.11. The van der Waals surface area contributed by atoms with Crippen LogP contribution >= 0.6 is 0 Å². The van der Waals surface area contributed by atoms with Crippen LogP contribution in [-0.4, -0.2) is 48.3 Å². The van der Waals surface area contributed by atoms with Gasteiger partial charge in [0.2, 0.25) is 0 Å². The number of aryl methyl sites for hydroxylation is 1. The van der Waals surface area contributed by atoms with Gasteiger partial charge >= 0.3 is 0 Å². The van der Waals surface area contributed by atoms with Gasteiger partial charge in [0.05, 0.1) is 5.69 Å². The fourth-order valence-electron chi connectivity index (χ4n) is 3.21. The average Bonchev–Trinajstić information content (AvgIpc) is 2.92. The van der Waals surface area contributed by atoms with Gasteiger partial charge in [-0.05, 0) is 45.3 Å². The molecule has 1 fully saturated rings. The normalized spacial score (nSPS) is 18.3. The van der Waals surface area contributed by atoms with Crippen molar-refractivity contribution in [3.63, 3.8) is 0 Å². The minimum Gasteiger partial charge on any atom is -0.350 e. The zero-order valence-electron chi connectivity index (χ0n) is 13.6. The van der Waals surface area contributed by atoms with Crippen LogP contribution in [0.1, 0.15) is 43.5 Å². The van der Waals surface area contributed by atoms with E-state index in [4.69, 9.17) is 0 Å². The molecule has 0 aromatic carbocycles. The Hall–Kier alpha value is -1.67. The van der Waals surface area contributed by atoms with E-state index in [2.05, 4.69) is 54.0 Å². The maximum atomic E-state index is 9.62. The summed E-state index contributed by atoms with van der Waals surface area (Å²) >= 11 is 0.